The van der Waals surface area contributed by atoms with Gasteiger partial charge in [0, 0.05) is 12.5 Å². The Morgan fingerprint density at radius 1 is 1.46 bits per heavy atom. The van der Waals surface area contributed by atoms with E-state index < -0.39 is 0 Å². The summed E-state index contributed by atoms with van der Waals surface area (Å²) in [4.78, 5) is 11.2. The molecule has 1 aliphatic carbocycles. The summed E-state index contributed by atoms with van der Waals surface area (Å²) < 4.78 is 0. The minimum Gasteiger partial charge on any atom is -0.393 e. The van der Waals surface area contributed by atoms with E-state index in [1.807, 2.05) is 0 Å². The highest BCUT2D eigenvalue weighted by atomic mass is 16.3. The van der Waals surface area contributed by atoms with Gasteiger partial charge < -0.3 is 16.2 Å². The average Bonchev–Trinajstić information content (AvgIpc) is 2.02. The Hall–Kier alpha value is -0.610. The fourth-order valence-electron chi connectivity index (χ4n) is 1.44. The molecular weight excluding hydrogens is 168 g/mol. The van der Waals surface area contributed by atoms with Gasteiger partial charge in [-0.2, -0.15) is 0 Å². The number of nitrogens with one attached hydrogen (secondary N) is 1. The van der Waals surface area contributed by atoms with Crippen molar-refractivity contribution in [2.75, 3.05) is 6.54 Å². The number of unbranched alkanes of at least 4 members (excludes halogenated alkanes) is 1. The van der Waals surface area contributed by atoms with Gasteiger partial charge in [0.2, 0.25) is 5.91 Å². The third kappa shape index (κ3) is 3.74. The lowest BCUT2D eigenvalue weighted by molar-refractivity contribution is -0.123. The maximum absolute atomic E-state index is 11.2. The van der Waals surface area contributed by atoms with E-state index in [2.05, 4.69) is 5.32 Å². The number of aliphatic hydroxyl groups excluding tert-OH is 1. The predicted molar refractivity (Wildman–Crippen MR) is 50.1 cm³/mol. The number of hydrogen-bond donors (Lipinski definition) is 3. The lowest BCUT2D eigenvalue weighted by atomic mass is 9.89. The van der Waals surface area contributed by atoms with Crippen LogP contribution in [0.5, 0.6) is 0 Å². The molecule has 0 unspecified atom stereocenters. The quantitative estimate of drug-likeness (QED) is 0.518. The Bertz CT molecular complexity index is 167. The van der Waals surface area contributed by atoms with E-state index in [-0.39, 0.29) is 18.1 Å². The molecular formula is C9H18N2O2. The molecule has 1 saturated carbocycles. The van der Waals surface area contributed by atoms with Crippen molar-refractivity contribution in [2.45, 2.75) is 44.2 Å². The van der Waals surface area contributed by atoms with Crippen molar-refractivity contribution in [2.24, 2.45) is 5.73 Å². The molecule has 0 bridgehead atoms. The Kier molecular flexibility index (Phi) is 4.18. The Morgan fingerprint density at radius 2 is 2.15 bits per heavy atom. The van der Waals surface area contributed by atoms with E-state index in [0.29, 0.717) is 25.8 Å². The first-order valence-corrected chi connectivity index (χ1v) is 4.90. The van der Waals surface area contributed by atoms with Crippen LogP contribution in [-0.2, 0) is 4.79 Å². The molecule has 0 aromatic carbocycles. The lowest BCUT2D eigenvalue weighted by Gasteiger charge is -2.31. The molecule has 4 nitrogen and oxygen atoms in total. The molecule has 1 amide bonds. The van der Waals surface area contributed by atoms with Crippen molar-refractivity contribution in [1.82, 2.24) is 5.32 Å². The molecule has 4 heteroatoms. The second-order valence-corrected chi connectivity index (χ2v) is 3.64. The van der Waals surface area contributed by atoms with Crippen LogP contribution in [0.15, 0.2) is 0 Å². The monoisotopic (exact) mass is 186 g/mol. The van der Waals surface area contributed by atoms with Gasteiger partial charge in [0.05, 0.1) is 6.10 Å². The van der Waals surface area contributed by atoms with Crippen molar-refractivity contribution in [3.8, 4) is 0 Å². The van der Waals surface area contributed by atoms with E-state index >= 15 is 0 Å². The first-order valence-electron chi connectivity index (χ1n) is 4.90. The van der Waals surface area contributed by atoms with Crippen LogP contribution in [0.1, 0.15) is 32.1 Å². The van der Waals surface area contributed by atoms with Gasteiger partial charge in [-0.25, -0.2) is 0 Å². The second kappa shape index (κ2) is 5.19. The molecule has 4 N–H and O–H groups in total. The van der Waals surface area contributed by atoms with Crippen LogP contribution in [-0.4, -0.2) is 29.7 Å². The van der Waals surface area contributed by atoms with Crippen LogP contribution in [0.3, 0.4) is 0 Å². The van der Waals surface area contributed by atoms with Crippen molar-refractivity contribution in [3.63, 3.8) is 0 Å². The number of carbonyl (C=O) groups is 1. The first kappa shape index (κ1) is 10.5. The molecule has 0 aliphatic heterocycles. The SMILES string of the molecule is NCCCCC(=O)NC1CC(O)C1. The summed E-state index contributed by atoms with van der Waals surface area (Å²) in [6.07, 6.45) is 3.54. The Balaban J connectivity index is 1.98. The van der Waals surface area contributed by atoms with Gasteiger partial charge >= 0.3 is 0 Å². The Morgan fingerprint density at radius 3 is 2.69 bits per heavy atom. The van der Waals surface area contributed by atoms with Crippen molar-refractivity contribution in [3.05, 3.63) is 0 Å². The summed E-state index contributed by atoms with van der Waals surface area (Å²) in [6.45, 7) is 0.648. The van der Waals surface area contributed by atoms with Crippen LogP contribution in [0.2, 0.25) is 0 Å². The van der Waals surface area contributed by atoms with Crippen LogP contribution < -0.4 is 11.1 Å². The zero-order valence-electron chi connectivity index (χ0n) is 7.83. The molecule has 1 aliphatic rings. The van der Waals surface area contributed by atoms with Crippen molar-refractivity contribution >= 4 is 5.91 Å². The smallest absolute Gasteiger partial charge is 0.220 e. The molecule has 1 rings (SSSR count). The number of hydrogen-bond acceptors (Lipinski definition) is 3. The molecule has 0 saturated heterocycles. The van der Waals surface area contributed by atoms with Crippen LogP contribution in [0.4, 0.5) is 0 Å². The minimum absolute atomic E-state index is 0.0883. The van der Waals surface area contributed by atoms with Gasteiger partial charge in [-0.3, -0.25) is 4.79 Å². The van der Waals surface area contributed by atoms with Crippen LogP contribution >= 0.6 is 0 Å². The average molecular weight is 186 g/mol. The molecule has 0 aromatic rings. The predicted octanol–water partition coefficient (Wildman–Crippen LogP) is -0.245. The summed E-state index contributed by atoms with van der Waals surface area (Å²) in [5.74, 6) is 0.0883. The van der Waals surface area contributed by atoms with Crippen LogP contribution in [0.25, 0.3) is 0 Å². The van der Waals surface area contributed by atoms with Gasteiger partial charge in [0.15, 0.2) is 0 Å². The van der Waals surface area contributed by atoms with Crippen LogP contribution in [0, 0.1) is 0 Å². The number of nitrogens with two attached hydrogens (primary N) is 1. The zero-order chi connectivity index (χ0) is 9.68. The molecule has 1 fully saturated rings. The molecule has 0 spiro atoms. The van der Waals surface area contributed by atoms with E-state index in [1.165, 1.54) is 0 Å². The van der Waals surface area contributed by atoms with Gasteiger partial charge in [0.25, 0.3) is 0 Å². The van der Waals surface area contributed by atoms with E-state index in [1.54, 1.807) is 0 Å². The number of aliphatic hydroxyl groups is 1. The third-order valence-electron chi connectivity index (χ3n) is 2.34. The molecule has 0 heterocycles. The van der Waals surface area contributed by atoms with Gasteiger partial charge in [-0.1, -0.05) is 0 Å². The van der Waals surface area contributed by atoms with Crippen molar-refractivity contribution < 1.29 is 9.90 Å². The highest BCUT2D eigenvalue weighted by Crippen LogP contribution is 2.19. The highest BCUT2D eigenvalue weighted by Gasteiger charge is 2.27. The molecule has 0 aromatic heterocycles. The maximum Gasteiger partial charge on any atom is 0.220 e. The minimum atomic E-state index is -0.200. The standard InChI is InChI=1S/C9H18N2O2/c10-4-2-1-3-9(13)11-7-5-8(12)6-7/h7-8,12H,1-6,10H2,(H,11,13). The maximum atomic E-state index is 11.2. The molecule has 76 valence electrons. The van der Waals surface area contributed by atoms with Gasteiger partial charge in [-0.15, -0.1) is 0 Å². The first-order chi connectivity index (χ1) is 6.22. The van der Waals surface area contributed by atoms with E-state index in [4.69, 9.17) is 10.8 Å². The zero-order valence-corrected chi connectivity index (χ0v) is 7.83. The van der Waals surface area contributed by atoms with Crippen molar-refractivity contribution in [1.29, 1.82) is 0 Å². The van der Waals surface area contributed by atoms with E-state index in [0.717, 1.165) is 12.8 Å². The molecule has 13 heavy (non-hydrogen) atoms. The Labute approximate surface area is 78.5 Å². The lowest BCUT2D eigenvalue weighted by Crippen LogP contribution is -2.46. The topological polar surface area (TPSA) is 75.4 Å². The highest BCUT2D eigenvalue weighted by molar-refractivity contribution is 5.76. The molecule has 0 radical (unpaired) electrons. The second-order valence-electron chi connectivity index (χ2n) is 3.64. The van der Waals surface area contributed by atoms with Gasteiger partial charge in [-0.05, 0) is 32.2 Å². The fraction of sp³-hybridized carbons (Fsp3) is 0.889. The fourth-order valence-corrected chi connectivity index (χ4v) is 1.44. The normalized spacial score (nSPS) is 26.6. The largest absolute Gasteiger partial charge is 0.393 e. The summed E-state index contributed by atoms with van der Waals surface area (Å²) in [5, 5.41) is 11.8. The third-order valence-corrected chi connectivity index (χ3v) is 2.34. The summed E-state index contributed by atoms with van der Waals surface area (Å²) >= 11 is 0. The number of carbonyl (C=O) groups excluding carboxylic acids is 1. The summed E-state index contributed by atoms with van der Waals surface area (Å²) in [6, 6.07) is 0.209. The summed E-state index contributed by atoms with van der Waals surface area (Å²) in [7, 11) is 0. The number of amides is 1. The molecule has 0 atom stereocenters. The summed E-state index contributed by atoms with van der Waals surface area (Å²) in [5.41, 5.74) is 5.31. The number of rotatable bonds is 5. The van der Waals surface area contributed by atoms with E-state index in [9.17, 15) is 4.79 Å². The van der Waals surface area contributed by atoms with Gasteiger partial charge in [0.1, 0.15) is 0 Å².